The maximum atomic E-state index is 12.1. The van der Waals surface area contributed by atoms with E-state index < -0.39 is 5.60 Å². The van der Waals surface area contributed by atoms with Crippen LogP contribution < -0.4 is 5.32 Å². The number of nitrogens with zero attached hydrogens (tertiary/aromatic N) is 2. The Hall–Kier alpha value is -2.08. The zero-order valence-corrected chi connectivity index (χ0v) is 12.7. The van der Waals surface area contributed by atoms with Crippen molar-refractivity contribution < 1.29 is 14.3 Å². The number of hydrogen-bond donors (Lipinski definition) is 2. The van der Waals surface area contributed by atoms with E-state index in [4.69, 9.17) is 4.42 Å². The molecule has 0 radical (unpaired) electrons. The Morgan fingerprint density at radius 2 is 2.32 bits per heavy atom. The molecule has 118 valence electrons. The second-order valence-electron chi connectivity index (χ2n) is 6.00. The maximum Gasteiger partial charge on any atom is 0.240 e. The van der Waals surface area contributed by atoms with E-state index in [2.05, 4.69) is 10.3 Å². The van der Waals surface area contributed by atoms with Gasteiger partial charge in [-0.2, -0.15) is 0 Å². The van der Waals surface area contributed by atoms with Gasteiger partial charge in [-0.05, 0) is 44.7 Å². The molecule has 0 aromatic carbocycles. The van der Waals surface area contributed by atoms with Crippen LogP contribution in [0.5, 0.6) is 0 Å². The predicted octanol–water partition coefficient (Wildman–Crippen LogP) is 1.38. The highest BCUT2D eigenvalue weighted by Crippen LogP contribution is 2.21. The molecule has 2 aromatic heterocycles. The molecule has 1 amide bonds. The van der Waals surface area contributed by atoms with E-state index >= 15 is 0 Å². The minimum absolute atomic E-state index is 0.107. The van der Waals surface area contributed by atoms with E-state index in [0.29, 0.717) is 5.76 Å². The van der Waals surface area contributed by atoms with Crippen molar-refractivity contribution in [3.8, 4) is 0 Å². The van der Waals surface area contributed by atoms with Crippen molar-refractivity contribution in [3.05, 3.63) is 41.9 Å². The van der Waals surface area contributed by atoms with Crippen LogP contribution in [0, 0.1) is 0 Å². The average Bonchev–Trinajstić information content (AvgIpc) is 3.16. The fourth-order valence-electron chi connectivity index (χ4n) is 2.82. The maximum absolute atomic E-state index is 12.1. The normalized spacial score (nSPS) is 16.8. The smallest absolute Gasteiger partial charge is 0.240 e. The highest BCUT2D eigenvalue weighted by molar-refractivity contribution is 5.75. The predicted molar refractivity (Wildman–Crippen MR) is 80.2 cm³/mol. The summed E-state index contributed by atoms with van der Waals surface area (Å²) in [5.74, 6) is 0.297. The fraction of sp³-hybridized carbons (Fsp3) is 0.500. The van der Waals surface area contributed by atoms with Gasteiger partial charge in [0, 0.05) is 5.69 Å². The van der Waals surface area contributed by atoms with Crippen molar-refractivity contribution in [1.29, 1.82) is 0 Å². The van der Waals surface area contributed by atoms with E-state index in [0.717, 1.165) is 25.0 Å². The number of aromatic nitrogens is 2. The summed E-state index contributed by atoms with van der Waals surface area (Å²) in [4.78, 5) is 16.5. The van der Waals surface area contributed by atoms with E-state index in [1.165, 1.54) is 18.4 Å². The van der Waals surface area contributed by atoms with Crippen molar-refractivity contribution in [2.24, 2.45) is 0 Å². The van der Waals surface area contributed by atoms with Gasteiger partial charge in [-0.1, -0.05) is 0 Å². The number of aryl methyl sites for hydroxylation is 1. The molecule has 2 heterocycles. The summed E-state index contributed by atoms with van der Waals surface area (Å²) in [6.45, 7) is 1.96. The van der Waals surface area contributed by atoms with Crippen LogP contribution >= 0.6 is 0 Å². The molecular formula is C16H21N3O3. The molecule has 0 saturated heterocycles. The zero-order chi connectivity index (χ0) is 15.6. The summed E-state index contributed by atoms with van der Waals surface area (Å²) in [7, 11) is 0. The van der Waals surface area contributed by atoms with Gasteiger partial charge in [0.05, 0.1) is 24.8 Å². The summed E-state index contributed by atoms with van der Waals surface area (Å²) in [6.07, 6.45) is 7.53. The number of carbonyl (C=O) groups is 1. The number of carbonyl (C=O) groups excluding carboxylic acids is 1. The molecule has 2 N–H and O–H groups in total. The van der Waals surface area contributed by atoms with E-state index in [-0.39, 0.29) is 19.0 Å². The third-order valence-corrected chi connectivity index (χ3v) is 4.11. The Morgan fingerprint density at radius 3 is 3.09 bits per heavy atom. The standard InChI is InChI=1S/C16H21N3O3/c1-16(21,14-7-4-8-22-14)10-17-15(20)9-19-11-18-12-5-2-3-6-13(12)19/h4,7-8,11,21H,2-3,5-6,9-10H2,1H3,(H,17,20). The van der Waals surface area contributed by atoms with Crippen molar-refractivity contribution in [3.63, 3.8) is 0 Å². The summed E-state index contributed by atoms with van der Waals surface area (Å²) < 4.78 is 7.10. The first-order valence-electron chi connectivity index (χ1n) is 7.62. The number of hydrogen-bond acceptors (Lipinski definition) is 4. The summed E-state index contributed by atoms with van der Waals surface area (Å²) >= 11 is 0. The number of fused-ring (bicyclic) bond motifs is 1. The van der Waals surface area contributed by atoms with Crippen molar-refractivity contribution in [2.45, 2.75) is 44.8 Å². The molecule has 0 fully saturated rings. The van der Waals surface area contributed by atoms with Gasteiger partial charge in [0.25, 0.3) is 0 Å². The Balaban J connectivity index is 1.58. The molecule has 1 aliphatic carbocycles. The quantitative estimate of drug-likeness (QED) is 0.874. The molecule has 0 saturated carbocycles. The molecule has 6 heteroatoms. The average molecular weight is 303 g/mol. The highest BCUT2D eigenvalue weighted by atomic mass is 16.4. The van der Waals surface area contributed by atoms with Crippen LogP contribution in [0.3, 0.4) is 0 Å². The van der Waals surface area contributed by atoms with Crippen molar-refractivity contribution >= 4 is 5.91 Å². The van der Waals surface area contributed by atoms with Crippen molar-refractivity contribution in [1.82, 2.24) is 14.9 Å². The molecule has 3 rings (SSSR count). The third-order valence-electron chi connectivity index (χ3n) is 4.11. The lowest BCUT2D eigenvalue weighted by Gasteiger charge is -2.21. The summed E-state index contributed by atoms with van der Waals surface area (Å²) in [5, 5.41) is 13.1. The van der Waals surface area contributed by atoms with Crippen LogP contribution in [0.1, 0.15) is 36.9 Å². The van der Waals surface area contributed by atoms with Gasteiger partial charge < -0.3 is 19.4 Å². The van der Waals surface area contributed by atoms with Gasteiger partial charge in [-0.15, -0.1) is 0 Å². The molecule has 1 atom stereocenters. The molecular weight excluding hydrogens is 282 g/mol. The van der Waals surface area contributed by atoms with Gasteiger partial charge in [0.15, 0.2) is 0 Å². The van der Waals surface area contributed by atoms with Crippen LogP contribution in [-0.2, 0) is 29.8 Å². The Morgan fingerprint density at radius 1 is 1.50 bits per heavy atom. The molecule has 6 nitrogen and oxygen atoms in total. The largest absolute Gasteiger partial charge is 0.466 e. The number of amides is 1. The van der Waals surface area contributed by atoms with E-state index in [1.807, 2.05) is 4.57 Å². The van der Waals surface area contributed by atoms with Crippen LogP contribution in [0.2, 0.25) is 0 Å². The molecule has 1 aliphatic rings. The third kappa shape index (κ3) is 3.06. The monoisotopic (exact) mass is 303 g/mol. The topological polar surface area (TPSA) is 80.3 Å². The lowest BCUT2D eigenvalue weighted by atomic mass is 10.0. The summed E-state index contributed by atoms with van der Waals surface area (Å²) in [5.41, 5.74) is 1.06. The molecule has 2 aromatic rings. The van der Waals surface area contributed by atoms with Crippen LogP contribution in [0.25, 0.3) is 0 Å². The Labute approximate surface area is 129 Å². The molecule has 0 spiro atoms. The number of rotatable bonds is 5. The summed E-state index contributed by atoms with van der Waals surface area (Å²) in [6, 6.07) is 3.40. The fourth-order valence-corrected chi connectivity index (χ4v) is 2.82. The van der Waals surface area contributed by atoms with Gasteiger partial charge in [0.1, 0.15) is 17.9 Å². The number of imidazole rings is 1. The second-order valence-corrected chi connectivity index (χ2v) is 6.00. The van der Waals surface area contributed by atoms with Crippen LogP contribution in [-0.4, -0.2) is 27.1 Å². The first-order chi connectivity index (χ1) is 10.6. The van der Waals surface area contributed by atoms with Gasteiger partial charge in [0.2, 0.25) is 5.91 Å². The number of furan rings is 1. The van der Waals surface area contributed by atoms with Crippen LogP contribution in [0.4, 0.5) is 0 Å². The lowest BCUT2D eigenvalue weighted by Crippen LogP contribution is -2.39. The zero-order valence-electron chi connectivity index (χ0n) is 12.7. The SMILES string of the molecule is CC(O)(CNC(=O)Cn1cnc2c1CCCC2)c1ccco1. The first kappa shape index (κ1) is 14.8. The Bertz CT molecular complexity index is 644. The van der Waals surface area contributed by atoms with Gasteiger partial charge in [-0.25, -0.2) is 4.98 Å². The molecule has 0 bridgehead atoms. The lowest BCUT2D eigenvalue weighted by molar-refractivity contribution is -0.123. The number of aliphatic hydroxyl groups is 1. The minimum Gasteiger partial charge on any atom is -0.466 e. The Kier molecular flexibility index (Phi) is 4.02. The first-order valence-corrected chi connectivity index (χ1v) is 7.62. The highest BCUT2D eigenvalue weighted by Gasteiger charge is 2.27. The second kappa shape index (κ2) is 5.96. The van der Waals surface area contributed by atoms with E-state index in [1.54, 1.807) is 25.4 Å². The molecule has 1 unspecified atom stereocenters. The van der Waals surface area contributed by atoms with E-state index in [9.17, 15) is 9.90 Å². The molecule has 0 aliphatic heterocycles. The van der Waals surface area contributed by atoms with Crippen molar-refractivity contribution in [2.75, 3.05) is 6.54 Å². The minimum atomic E-state index is -1.21. The van der Waals surface area contributed by atoms with Crippen LogP contribution in [0.15, 0.2) is 29.1 Å². The number of nitrogens with one attached hydrogen (secondary N) is 1. The van der Waals surface area contributed by atoms with Gasteiger partial charge >= 0.3 is 0 Å². The molecule has 22 heavy (non-hydrogen) atoms. The van der Waals surface area contributed by atoms with Gasteiger partial charge in [-0.3, -0.25) is 4.79 Å².